The van der Waals surface area contributed by atoms with E-state index < -0.39 is 11.9 Å². The molecule has 0 aliphatic heterocycles. The van der Waals surface area contributed by atoms with E-state index in [1.807, 2.05) is 0 Å². The molecular formula is C11H13BrFNO2. The number of esters is 1. The monoisotopic (exact) mass is 289 g/mol. The molecule has 16 heavy (non-hydrogen) atoms. The number of hydrogen-bond donors (Lipinski definition) is 1. The van der Waals surface area contributed by atoms with Gasteiger partial charge in [-0.1, -0.05) is 6.07 Å². The molecule has 1 aromatic carbocycles. The van der Waals surface area contributed by atoms with E-state index in [4.69, 9.17) is 10.5 Å². The standard InChI is InChI=1S/C11H13BrFNO2/c1-2-16-11(15)6-10(14)7-3-4-8(12)9(13)5-7/h3-5,10H,2,6,14H2,1H3/t10-/m0/s1. The zero-order chi connectivity index (χ0) is 12.1. The fourth-order valence-corrected chi connectivity index (χ4v) is 1.51. The SMILES string of the molecule is CCOC(=O)C[C@H](N)c1ccc(Br)c(F)c1. The summed E-state index contributed by atoms with van der Waals surface area (Å²) in [7, 11) is 0. The predicted octanol–water partition coefficient (Wildman–Crippen LogP) is 2.54. The van der Waals surface area contributed by atoms with Crippen molar-refractivity contribution in [2.24, 2.45) is 5.73 Å². The van der Waals surface area contributed by atoms with Crippen LogP contribution in [0.4, 0.5) is 4.39 Å². The summed E-state index contributed by atoms with van der Waals surface area (Å²) in [4.78, 5) is 11.2. The molecule has 3 nitrogen and oxygen atoms in total. The molecule has 5 heteroatoms. The van der Waals surface area contributed by atoms with E-state index in [9.17, 15) is 9.18 Å². The van der Waals surface area contributed by atoms with Crippen molar-refractivity contribution in [2.45, 2.75) is 19.4 Å². The molecule has 88 valence electrons. The molecule has 0 amide bonds. The Morgan fingerprint density at radius 3 is 2.88 bits per heavy atom. The highest BCUT2D eigenvalue weighted by Gasteiger charge is 2.13. The maximum atomic E-state index is 13.2. The average Bonchev–Trinajstić information content (AvgIpc) is 2.22. The van der Waals surface area contributed by atoms with Gasteiger partial charge in [-0.2, -0.15) is 0 Å². The van der Waals surface area contributed by atoms with E-state index in [1.165, 1.54) is 6.07 Å². The molecule has 0 fully saturated rings. The van der Waals surface area contributed by atoms with Crippen LogP contribution in [-0.4, -0.2) is 12.6 Å². The number of halogens is 2. The van der Waals surface area contributed by atoms with E-state index in [0.29, 0.717) is 16.6 Å². The third kappa shape index (κ3) is 3.57. The highest BCUT2D eigenvalue weighted by atomic mass is 79.9. The number of carbonyl (C=O) groups is 1. The highest BCUT2D eigenvalue weighted by Crippen LogP contribution is 2.21. The molecule has 0 aliphatic carbocycles. The Morgan fingerprint density at radius 1 is 1.62 bits per heavy atom. The van der Waals surface area contributed by atoms with Crippen LogP contribution in [0.5, 0.6) is 0 Å². The van der Waals surface area contributed by atoms with Gasteiger partial charge in [0.15, 0.2) is 0 Å². The normalized spacial score (nSPS) is 12.2. The van der Waals surface area contributed by atoms with Gasteiger partial charge in [0, 0.05) is 6.04 Å². The van der Waals surface area contributed by atoms with Crippen molar-refractivity contribution in [1.82, 2.24) is 0 Å². The molecule has 0 radical (unpaired) electrons. The van der Waals surface area contributed by atoms with Gasteiger partial charge in [-0.05, 0) is 40.5 Å². The minimum Gasteiger partial charge on any atom is -0.466 e. The molecule has 1 atom stereocenters. The first kappa shape index (κ1) is 13.1. The van der Waals surface area contributed by atoms with Crippen LogP contribution in [-0.2, 0) is 9.53 Å². The van der Waals surface area contributed by atoms with E-state index in [1.54, 1.807) is 19.1 Å². The minimum absolute atomic E-state index is 0.0505. The molecule has 0 saturated heterocycles. The maximum Gasteiger partial charge on any atom is 0.307 e. The van der Waals surface area contributed by atoms with Crippen LogP contribution in [0.15, 0.2) is 22.7 Å². The van der Waals surface area contributed by atoms with Crippen LogP contribution in [0, 0.1) is 5.82 Å². The molecule has 0 saturated carbocycles. The zero-order valence-electron chi connectivity index (χ0n) is 8.87. The molecular weight excluding hydrogens is 277 g/mol. The quantitative estimate of drug-likeness (QED) is 0.867. The van der Waals surface area contributed by atoms with Crippen molar-refractivity contribution in [1.29, 1.82) is 0 Å². The number of ether oxygens (including phenoxy) is 1. The van der Waals surface area contributed by atoms with Crippen LogP contribution < -0.4 is 5.73 Å². The molecule has 0 unspecified atom stereocenters. The fraction of sp³-hybridized carbons (Fsp3) is 0.364. The molecule has 2 N–H and O–H groups in total. The molecule has 0 aromatic heterocycles. The third-order valence-electron chi connectivity index (χ3n) is 2.06. The molecule has 0 aliphatic rings. The lowest BCUT2D eigenvalue weighted by Gasteiger charge is -2.11. The molecule has 1 rings (SSSR count). The second-order valence-corrected chi connectivity index (χ2v) is 4.14. The number of hydrogen-bond acceptors (Lipinski definition) is 3. The summed E-state index contributed by atoms with van der Waals surface area (Å²) < 4.78 is 18.3. The van der Waals surface area contributed by atoms with Crippen LogP contribution in [0.1, 0.15) is 24.9 Å². The molecule has 0 spiro atoms. The number of nitrogens with two attached hydrogens (primary N) is 1. The molecule has 0 bridgehead atoms. The van der Waals surface area contributed by atoms with Gasteiger partial charge < -0.3 is 10.5 Å². The van der Waals surface area contributed by atoms with Gasteiger partial charge in [0.1, 0.15) is 5.82 Å². The number of carbonyl (C=O) groups excluding carboxylic acids is 1. The van der Waals surface area contributed by atoms with Gasteiger partial charge in [0.25, 0.3) is 0 Å². The van der Waals surface area contributed by atoms with Crippen LogP contribution in [0.25, 0.3) is 0 Å². The fourth-order valence-electron chi connectivity index (χ4n) is 1.26. The Bertz CT molecular complexity index is 384. The summed E-state index contributed by atoms with van der Waals surface area (Å²) in [5.41, 5.74) is 6.34. The second kappa shape index (κ2) is 5.96. The van der Waals surface area contributed by atoms with Crippen molar-refractivity contribution in [2.75, 3.05) is 6.61 Å². The Hall–Kier alpha value is -0.940. The van der Waals surface area contributed by atoms with E-state index in [2.05, 4.69) is 15.9 Å². The lowest BCUT2D eigenvalue weighted by Crippen LogP contribution is -2.17. The first-order valence-corrected chi connectivity index (χ1v) is 5.70. The Labute approximate surface area is 102 Å². The lowest BCUT2D eigenvalue weighted by atomic mass is 10.0. The van der Waals surface area contributed by atoms with Crippen molar-refractivity contribution >= 4 is 21.9 Å². The predicted molar refractivity (Wildman–Crippen MR) is 62.3 cm³/mol. The first-order valence-electron chi connectivity index (χ1n) is 4.90. The number of benzene rings is 1. The van der Waals surface area contributed by atoms with Crippen molar-refractivity contribution in [3.05, 3.63) is 34.1 Å². The van der Waals surface area contributed by atoms with E-state index in [-0.39, 0.29) is 12.4 Å². The molecule has 0 heterocycles. The van der Waals surface area contributed by atoms with Gasteiger partial charge in [0.05, 0.1) is 17.5 Å². The third-order valence-corrected chi connectivity index (χ3v) is 2.71. The Morgan fingerprint density at radius 2 is 2.31 bits per heavy atom. The maximum absolute atomic E-state index is 13.2. The largest absolute Gasteiger partial charge is 0.466 e. The smallest absolute Gasteiger partial charge is 0.307 e. The van der Waals surface area contributed by atoms with Gasteiger partial charge >= 0.3 is 5.97 Å². The van der Waals surface area contributed by atoms with Gasteiger partial charge in [0.2, 0.25) is 0 Å². The summed E-state index contributed by atoms with van der Waals surface area (Å²) in [6, 6.07) is 4.02. The summed E-state index contributed by atoms with van der Waals surface area (Å²) in [6.07, 6.45) is 0.0505. The Kier molecular flexibility index (Phi) is 4.89. The van der Waals surface area contributed by atoms with E-state index >= 15 is 0 Å². The van der Waals surface area contributed by atoms with Crippen molar-refractivity contribution in [3.8, 4) is 0 Å². The van der Waals surface area contributed by atoms with Gasteiger partial charge in [-0.3, -0.25) is 4.79 Å². The lowest BCUT2D eigenvalue weighted by molar-refractivity contribution is -0.143. The number of rotatable bonds is 4. The summed E-state index contributed by atoms with van der Waals surface area (Å²) in [5.74, 6) is -0.768. The first-order chi connectivity index (χ1) is 7.54. The molecule has 1 aromatic rings. The summed E-state index contributed by atoms with van der Waals surface area (Å²) >= 11 is 3.05. The van der Waals surface area contributed by atoms with Gasteiger partial charge in [-0.25, -0.2) is 4.39 Å². The van der Waals surface area contributed by atoms with E-state index in [0.717, 1.165) is 0 Å². The second-order valence-electron chi connectivity index (χ2n) is 3.29. The minimum atomic E-state index is -0.540. The van der Waals surface area contributed by atoms with Crippen LogP contribution in [0.2, 0.25) is 0 Å². The van der Waals surface area contributed by atoms with Crippen molar-refractivity contribution < 1.29 is 13.9 Å². The zero-order valence-corrected chi connectivity index (χ0v) is 10.5. The summed E-state index contributed by atoms with van der Waals surface area (Å²) in [6.45, 7) is 2.04. The Balaban J connectivity index is 2.69. The van der Waals surface area contributed by atoms with Crippen LogP contribution >= 0.6 is 15.9 Å². The topological polar surface area (TPSA) is 52.3 Å². The van der Waals surface area contributed by atoms with Gasteiger partial charge in [-0.15, -0.1) is 0 Å². The van der Waals surface area contributed by atoms with Crippen LogP contribution in [0.3, 0.4) is 0 Å². The highest BCUT2D eigenvalue weighted by molar-refractivity contribution is 9.10. The van der Waals surface area contributed by atoms with Crippen molar-refractivity contribution in [3.63, 3.8) is 0 Å². The summed E-state index contributed by atoms with van der Waals surface area (Å²) in [5, 5.41) is 0. The average molecular weight is 290 g/mol.